The number of hydrogen-bond donors (Lipinski definition) is 0. The van der Waals surface area contributed by atoms with Crippen LogP contribution in [0.1, 0.15) is 26.2 Å². The van der Waals surface area contributed by atoms with Crippen LogP contribution < -0.4 is 0 Å². The lowest BCUT2D eigenvalue weighted by Crippen LogP contribution is -1.91. The molecule has 1 nitrogen and oxygen atoms in total. The number of unbranched alkanes of at least 4 members (excludes halogenated alkanes) is 1. The summed E-state index contributed by atoms with van der Waals surface area (Å²) in [7, 11) is 0. The highest BCUT2D eigenvalue weighted by Gasteiger charge is 1.97. The van der Waals surface area contributed by atoms with Crippen molar-refractivity contribution in [2.45, 2.75) is 26.2 Å². The largest absolute Gasteiger partial charge is 0.265 e. The van der Waals surface area contributed by atoms with E-state index in [4.69, 9.17) is 0 Å². The van der Waals surface area contributed by atoms with Crippen LogP contribution in [0.25, 0.3) is 0 Å². The van der Waals surface area contributed by atoms with Gasteiger partial charge >= 0.3 is 0 Å². The van der Waals surface area contributed by atoms with Crippen molar-refractivity contribution in [1.82, 2.24) is 0 Å². The van der Waals surface area contributed by atoms with Gasteiger partial charge in [0, 0.05) is 18.3 Å². The summed E-state index contributed by atoms with van der Waals surface area (Å²) in [6, 6.07) is 0. The lowest BCUT2D eigenvalue weighted by atomic mass is 10.2. The van der Waals surface area contributed by atoms with E-state index in [0.717, 1.165) is 6.42 Å². The van der Waals surface area contributed by atoms with Crippen LogP contribution in [0.5, 0.6) is 0 Å². The molecule has 0 aliphatic carbocycles. The van der Waals surface area contributed by atoms with E-state index in [1.165, 1.54) is 18.5 Å². The van der Waals surface area contributed by atoms with E-state index >= 15 is 0 Å². The van der Waals surface area contributed by atoms with Crippen LogP contribution in [0.4, 0.5) is 0 Å². The molecule has 0 radical (unpaired) electrons. The second-order valence-corrected chi connectivity index (χ2v) is 2.00. The molecule has 0 aromatic carbocycles. The van der Waals surface area contributed by atoms with Crippen molar-refractivity contribution in [2.75, 3.05) is 0 Å². The Bertz CT molecular complexity index is 122. The van der Waals surface area contributed by atoms with Gasteiger partial charge in [0.15, 0.2) is 0 Å². The van der Waals surface area contributed by atoms with Gasteiger partial charge in [-0.1, -0.05) is 19.4 Å². The van der Waals surface area contributed by atoms with Crippen molar-refractivity contribution in [1.29, 1.82) is 0 Å². The van der Waals surface area contributed by atoms with Crippen molar-refractivity contribution in [3.05, 3.63) is 11.8 Å². The minimum absolute atomic E-state index is 1.10. The second kappa shape index (κ2) is 2.65. The molecule has 0 amide bonds. The number of rotatable bonds is 2. The van der Waals surface area contributed by atoms with E-state index in [1.807, 2.05) is 6.21 Å². The zero-order chi connectivity index (χ0) is 5.82. The van der Waals surface area contributed by atoms with Gasteiger partial charge < -0.3 is 0 Å². The summed E-state index contributed by atoms with van der Waals surface area (Å²) in [6.45, 7) is 2.18. The molecule has 1 rings (SSSR count). The van der Waals surface area contributed by atoms with Gasteiger partial charge in [-0.15, -0.1) is 0 Å². The average molecular weight is 109 g/mol. The highest BCUT2D eigenvalue weighted by Crippen LogP contribution is 2.10. The molecular formula is C7H11N. The topological polar surface area (TPSA) is 12.4 Å². The fourth-order valence-electron chi connectivity index (χ4n) is 0.644. The van der Waals surface area contributed by atoms with Crippen molar-refractivity contribution >= 4 is 6.21 Å². The summed E-state index contributed by atoms with van der Waals surface area (Å²) >= 11 is 0. The van der Waals surface area contributed by atoms with Crippen molar-refractivity contribution in [3.63, 3.8) is 0 Å². The maximum Gasteiger partial charge on any atom is 0.0413 e. The highest BCUT2D eigenvalue weighted by atomic mass is 14.8. The molecule has 0 fully saturated rings. The Hall–Kier alpha value is -0.590. The predicted octanol–water partition coefficient (Wildman–Crippen LogP) is 2.14. The van der Waals surface area contributed by atoms with Gasteiger partial charge in [0.25, 0.3) is 0 Å². The Morgan fingerprint density at radius 3 is 3.00 bits per heavy atom. The summed E-state index contributed by atoms with van der Waals surface area (Å²) in [4.78, 5) is 4.04. The monoisotopic (exact) mass is 109 g/mol. The first-order valence-electron chi connectivity index (χ1n) is 3.15. The minimum Gasteiger partial charge on any atom is -0.265 e. The van der Waals surface area contributed by atoms with Crippen LogP contribution in [0.3, 0.4) is 0 Å². The molecule has 1 heteroatoms. The molecule has 0 unspecified atom stereocenters. The molecule has 1 aliphatic heterocycles. The molecule has 44 valence electrons. The van der Waals surface area contributed by atoms with Gasteiger partial charge in [-0.05, 0) is 6.42 Å². The summed E-state index contributed by atoms with van der Waals surface area (Å²) in [5, 5.41) is 0. The van der Waals surface area contributed by atoms with Crippen molar-refractivity contribution in [2.24, 2.45) is 4.99 Å². The molecule has 0 N–H and O–H groups in total. The Morgan fingerprint density at radius 2 is 2.62 bits per heavy atom. The number of hydrogen-bond acceptors (Lipinski definition) is 1. The first-order valence-corrected chi connectivity index (χ1v) is 3.15. The highest BCUT2D eigenvalue weighted by molar-refractivity contribution is 5.69. The molecule has 0 saturated heterocycles. The van der Waals surface area contributed by atoms with Crippen LogP contribution in [0.15, 0.2) is 16.8 Å². The second-order valence-electron chi connectivity index (χ2n) is 2.00. The minimum atomic E-state index is 1.10. The molecule has 0 saturated carbocycles. The van der Waals surface area contributed by atoms with E-state index in [9.17, 15) is 0 Å². The number of allylic oxidation sites excluding steroid dienone is 2. The van der Waals surface area contributed by atoms with Gasteiger partial charge in [-0.2, -0.15) is 0 Å². The van der Waals surface area contributed by atoms with Crippen molar-refractivity contribution < 1.29 is 0 Å². The van der Waals surface area contributed by atoms with Gasteiger partial charge in [0.2, 0.25) is 0 Å². The third kappa shape index (κ3) is 1.19. The van der Waals surface area contributed by atoms with E-state index in [0.29, 0.717) is 0 Å². The lowest BCUT2D eigenvalue weighted by molar-refractivity contribution is 0.934. The van der Waals surface area contributed by atoms with E-state index in [1.54, 1.807) is 0 Å². The summed E-state index contributed by atoms with van der Waals surface area (Å²) in [5.74, 6) is 0. The molecule has 0 atom stereocenters. The molecule has 8 heavy (non-hydrogen) atoms. The number of nitrogens with zero attached hydrogens (tertiary/aromatic N) is 1. The molecule has 0 aromatic heterocycles. The van der Waals surface area contributed by atoms with Crippen LogP contribution in [0, 0.1) is 0 Å². The maximum absolute atomic E-state index is 4.04. The summed E-state index contributed by atoms with van der Waals surface area (Å²) < 4.78 is 0. The average Bonchev–Trinajstić information content (AvgIpc) is 1.63. The lowest BCUT2D eigenvalue weighted by Gasteiger charge is -2.03. The molecule has 1 heterocycles. The van der Waals surface area contributed by atoms with Crippen molar-refractivity contribution in [3.8, 4) is 0 Å². The smallest absolute Gasteiger partial charge is 0.0413 e. The summed E-state index contributed by atoms with van der Waals surface area (Å²) in [6.07, 6.45) is 7.67. The van der Waals surface area contributed by atoms with Gasteiger partial charge in [-0.3, -0.25) is 4.99 Å². The summed E-state index contributed by atoms with van der Waals surface area (Å²) in [5.41, 5.74) is 1.27. The predicted molar refractivity (Wildman–Crippen MR) is 36.1 cm³/mol. The van der Waals surface area contributed by atoms with Gasteiger partial charge in [-0.25, -0.2) is 0 Å². The van der Waals surface area contributed by atoms with Crippen LogP contribution >= 0.6 is 0 Å². The zero-order valence-corrected chi connectivity index (χ0v) is 5.22. The third-order valence-electron chi connectivity index (χ3n) is 1.23. The molecular weight excluding hydrogens is 98.1 g/mol. The molecule has 0 aromatic rings. The zero-order valence-electron chi connectivity index (χ0n) is 5.22. The molecule has 1 aliphatic rings. The maximum atomic E-state index is 4.04. The SMILES string of the molecule is CCCC=C1CC=N1. The third-order valence-corrected chi connectivity index (χ3v) is 1.23. The van der Waals surface area contributed by atoms with E-state index in [2.05, 4.69) is 18.0 Å². The van der Waals surface area contributed by atoms with E-state index in [-0.39, 0.29) is 0 Å². The van der Waals surface area contributed by atoms with Crippen LogP contribution in [0.2, 0.25) is 0 Å². The Labute approximate surface area is 50.1 Å². The quantitative estimate of drug-likeness (QED) is 0.515. The Kier molecular flexibility index (Phi) is 1.84. The molecule has 0 bridgehead atoms. The van der Waals surface area contributed by atoms with E-state index < -0.39 is 0 Å². The number of aliphatic imine (C=N–C) groups is 1. The van der Waals surface area contributed by atoms with Crippen LogP contribution in [-0.4, -0.2) is 6.21 Å². The van der Waals surface area contributed by atoms with Crippen LogP contribution in [-0.2, 0) is 0 Å². The van der Waals surface area contributed by atoms with Gasteiger partial charge in [0.1, 0.15) is 0 Å². The molecule has 0 spiro atoms. The first-order chi connectivity index (χ1) is 3.93. The standard InChI is InChI=1S/C7H11N/c1-2-3-4-7-5-6-8-7/h4,6H,2-3,5H2,1H3. The first kappa shape index (κ1) is 5.54. The Morgan fingerprint density at radius 1 is 1.88 bits per heavy atom. The fourth-order valence-corrected chi connectivity index (χ4v) is 0.644. The fraction of sp³-hybridized carbons (Fsp3) is 0.571. The normalized spacial score (nSPS) is 21.4. The Balaban J connectivity index is 2.23. The van der Waals surface area contributed by atoms with Gasteiger partial charge in [0.05, 0.1) is 0 Å².